The highest BCUT2D eigenvalue weighted by molar-refractivity contribution is 7.91. The van der Waals surface area contributed by atoms with E-state index in [1.807, 2.05) is 13.0 Å². The SMILES string of the molecule is Cc1ccc(S(=O)(=O)C[C@@H](C)NC(=O)/C=C/c2cccnc2)cc1. The van der Waals surface area contributed by atoms with Gasteiger partial charge in [-0.2, -0.15) is 0 Å². The first-order valence-electron chi connectivity index (χ1n) is 7.55. The normalized spacial score (nSPS) is 12.9. The minimum atomic E-state index is -3.44. The van der Waals surface area contributed by atoms with Crippen LogP contribution >= 0.6 is 0 Å². The molecule has 6 heteroatoms. The smallest absolute Gasteiger partial charge is 0.244 e. The van der Waals surface area contributed by atoms with Crippen molar-refractivity contribution >= 4 is 21.8 Å². The molecule has 0 unspecified atom stereocenters. The largest absolute Gasteiger partial charge is 0.349 e. The van der Waals surface area contributed by atoms with Crippen LogP contribution in [0.1, 0.15) is 18.1 Å². The Hall–Kier alpha value is -2.47. The average Bonchev–Trinajstić information content (AvgIpc) is 2.53. The number of nitrogens with zero attached hydrogens (tertiary/aromatic N) is 1. The summed E-state index contributed by atoms with van der Waals surface area (Å²) in [6.07, 6.45) is 6.28. The van der Waals surface area contributed by atoms with Crippen LogP contribution < -0.4 is 5.32 Å². The molecule has 0 spiro atoms. The van der Waals surface area contributed by atoms with E-state index in [9.17, 15) is 13.2 Å². The number of nitrogens with one attached hydrogen (secondary N) is 1. The zero-order valence-corrected chi connectivity index (χ0v) is 14.5. The predicted molar refractivity (Wildman–Crippen MR) is 94.1 cm³/mol. The molecular formula is C18H20N2O3S. The van der Waals surface area contributed by atoms with Crippen LogP contribution in [0.15, 0.2) is 59.8 Å². The van der Waals surface area contributed by atoms with Crippen LogP contribution in [0.2, 0.25) is 0 Å². The Labute approximate surface area is 142 Å². The number of carbonyl (C=O) groups is 1. The maximum Gasteiger partial charge on any atom is 0.244 e. The highest BCUT2D eigenvalue weighted by Crippen LogP contribution is 2.13. The Kier molecular flexibility index (Phi) is 5.87. The summed E-state index contributed by atoms with van der Waals surface area (Å²) in [6.45, 7) is 3.56. The van der Waals surface area contributed by atoms with Crippen molar-refractivity contribution in [2.45, 2.75) is 24.8 Å². The van der Waals surface area contributed by atoms with Crippen LogP contribution in [0.5, 0.6) is 0 Å². The zero-order chi connectivity index (χ0) is 17.6. The van der Waals surface area contributed by atoms with Crippen molar-refractivity contribution in [3.8, 4) is 0 Å². The van der Waals surface area contributed by atoms with Gasteiger partial charge in [0, 0.05) is 24.5 Å². The number of carbonyl (C=O) groups excluding carboxylic acids is 1. The van der Waals surface area contributed by atoms with Gasteiger partial charge in [0.1, 0.15) is 0 Å². The fourth-order valence-electron chi connectivity index (χ4n) is 2.15. The number of sulfone groups is 1. The summed E-state index contributed by atoms with van der Waals surface area (Å²) in [4.78, 5) is 16.1. The number of hydrogen-bond donors (Lipinski definition) is 1. The molecule has 0 bridgehead atoms. The van der Waals surface area contributed by atoms with Crippen LogP contribution in [0.3, 0.4) is 0 Å². The van der Waals surface area contributed by atoms with E-state index in [1.165, 1.54) is 6.08 Å². The lowest BCUT2D eigenvalue weighted by atomic mass is 10.2. The van der Waals surface area contributed by atoms with Gasteiger partial charge in [-0.1, -0.05) is 23.8 Å². The van der Waals surface area contributed by atoms with Crippen LogP contribution in [-0.2, 0) is 14.6 Å². The number of aryl methyl sites for hydroxylation is 1. The Bertz CT molecular complexity index is 813. The van der Waals surface area contributed by atoms with E-state index >= 15 is 0 Å². The molecule has 0 saturated heterocycles. The highest BCUT2D eigenvalue weighted by Gasteiger charge is 2.19. The quantitative estimate of drug-likeness (QED) is 0.816. The van der Waals surface area contributed by atoms with E-state index < -0.39 is 15.9 Å². The predicted octanol–water partition coefficient (Wildman–Crippen LogP) is 2.38. The molecule has 5 nitrogen and oxygen atoms in total. The van der Waals surface area contributed by atoms with E-state index in [2.05, 4.69) is 10.3 Å². The topological polar surface area (TPSA) is 76.1 Å². The average molecular weight is 344 g/mol. The maximum absolute atomic E-state index is 12.3. The molecule has 0 aliphatic rings. The van der Waals surface area contributed by atoms with Crippen molar-refractivity contribution in [3.05, 3.63) is 66.0 Å². The van der Waals surface area contributed by atoms with Gasteiger partial charge in [0.15, 0.2) is 9.84 Å². The molecule has 1 aromatic carbocycles. The summed E-state index contributed by atoms with van der Waals surface area (Å²) < 4.78 is 24.7. The molecule has 1 N–H and O–H groups in total. The van der Waals surface area contributed by atoms with Gasteiger partial charge in [-0.05, 0) is 43.7 Å². The number of aromatic nitrogens is 1. The first kappa shape index (κ1) is 17.9. The van der Waals surface area contributed by atoms with E-state index in [1.54, 1.807) is 55.7 Å². The molecule has 24 heavy (non-hydrogen) atoms. The van der Waals surface area contributed by atoms with E-state index in [4.69, 9.17) is 0 Å². The lowest BCUT2D eigenvalue weighted by Crippen LogP contribution is -2.36. The van der Waals surface area contributed by atoms with Crippen molar-refractivity contribution in [1.29, 1.82) is 0 Å². The van der Waals surface area contributed by atoms with Crippen molar-refractivity contribution in [2.24, 2.45) is 0 Å². The molecule has 0 fully saturated rings. The van der Waals surface area contributed by atoms with Gasteiger partial charge in [0.2, 0.25) is 5.91 Å². The Morgan fingerprint density at radius 3 is 2.58 bits per heavy atom. The fourth-order valence-corrected chi connectivity index (χ4v) is 3.63. The highest BCUT2D eigenvalue weighted by atomic mass is 32.2. The fraction of sp³-hybridized carbons (Fsp3) is 0.222. The van der Waals surface area contributed by atoms with Gasteiger partial charge in [-0.3, -0.25) is 9.78 Å². The molecule has 0 aliphatic carbocycles. The van der Waals surface area contributed by atoms with Crippen molar-refractivity contribution in [3.63, 3.8) is 0 Å². The third-order valence-corrected chi connectivity index (χ3v) is 5.28. The van der Waals surface area contributed by atoms with E-state index in [-0.39, 0.29) is 16.6 Å². The van der Waals surface area contributed by atoms with E-state index in [0.29, 0.717) is 0 Å². The molecule has 1 heterocycles. The molecule has 1 amide bonds. The maximum atomic E-state index is 12.3. The summed E-state index contributed by atoms with van der Waals surface area (Å²) >= 11 is 0. The van der Waals surface area contributed by atoms with E-state index in [0.717, 1.165) is 11.1 Å². The standard InChI is InChI=1S/C18H20N2O3S/c1-14-5-8-17(9-6-14)24(22,23)13-15(2)20-18(21)10-7-16-4-3-11-19-12-16/h3-12,15H,13H2,1-2H3,(H,20,21)/b10-7+/t15-/m1/s1. The second-order valence-corrected chi connectivity index (χ2v) is 7.66. The van der Waals surface area contributed by atoms with Crippen LogP contribution in [0.25, 0.3) is 6.08 Å². The number of pyridine rings is 1. The van der Waals surface area contributed by atoms with Crippen molar-refractivity contribution in [2.75, 3.05) is 5.75 Å². The van der Waals surface area contributed by atoms with Gasteiger partial charge in [0.25, 0.3) is 0 Å². The van der Waals surface area contributed by atoms with Crippen molar-refractivity contribution in [1.82, 2.24) is 10.3 Å². The zero-order valence-electron chi connectivity index (χ0n) is 13.6. The minimum Gasteiger partial charge on any atom is -0.349 e. The monoisotopic (exact) mass is 344 g/mol. The van der Waals surface area contributed by atoms with Gasteiger partial charge in [0.05, 0.1) is 10.6 Å². The summed E-state index contributed by atoms with van der Waals surface area (Å²) in [7, 11) is -3.44. The van der Waals surface area contributed by atoms with Gasteiger partial charge in [-0.25, -0.2) is 8.42 Å². The summed E-state index contributed by atoms with van der Waals surface area (Å²) in [5.74, 6) is -0.492. The van der Waals surface area contributed by atoms with Crippen molar-refractivity contribution < 1.29 is 13.2 Å². The first-order valence-corrected chi connectivity index (χ1v) is 9.20. The summed E-state index contributed by atoms with van der Waals surface area (Å²) in [5, 5.41) is 2.66. The molecule has 0 saturated carbocycles. The van der Waals surface area contributed by atoms with Crippen LogP contribution in [0.4, 0.5) is 0 Å². The molecule has 0 radical (unpaired) electrons. The molecular weight excluding hydrogens is 324 g/mol. The molecule has 2 aromatic rings. The second kappa shape index (κ2) is 7.88. The Morgan fingerprint density at radius 2 is 1.96 bits per heavy atom. The Balaban J connectivity index is 1.94. The summed E-state index contributed by atoms with van der Waals surface area (Å²) in [6, 6.07) is 9.78. The number of benzene rings is 1. The first-order chi connectivity index (χ1) is 11.4. The molecule has 1 aromatic heterocycles. The van der Waals surface area contributed by atoms with Crippen LogP contribution in [0, 0.1) is 6.92 Å². The number of rotatable bonds is 6. The van der Waals surface area contributed by atoms with Gasteiger partial charge in [-0.15, -0.1) is 0 Å². The van der Waals surface area contributed by atoms with Gasteiger partial charge >= 0.3 is 0 Å². The molecule has 1 atom stereocenters. The third kappa shape index (κ3) is 5.31. The van der Waals surface area contributed by atoms with Crippen LogP contribution in [-0.4, -0.2) is 31.1 Å². The summed E-state index contributed by atoms with van der Waals surface area (Å²) in [5.41, 5.74) is 1.79. The molecule has 126 valence electrons. The molecule has 0 aliphatic heterocycles. The second-order valence-electron chi connectivity index (χ2n) is 5.62. The van der Waals surface area contributed by atoms with Gasteiger partial charge < -0.3 is 5.32 Å². The number of amides is 1. The number of hydrogen-bond acceptors (Lipinski definition) is 4. The lowest BCUT2D eigenvalue weighted by Gasteiger charge is -2.13. The Morgan fingerprint density at radius 1 is 1.25 bits per heavy atom. The minimum absolute atomic E-state index is 0.150. The molecule has 2 rings (SSSR count). The third-order valence-electron chi connectivity index (χ3n) is 3.35. The lowest BCUT2D eigenvalue weighted by molar-refractivity contribution is -0.116.